The third kappa shape index (κ3) is 4.87. The van der Waals surface area contributed by atoms with Gasteiger partial charge in [0.05, 0.1) is 17.7 Å². The van der Waals surface area contributed by atoms with Gasteiger partial charge in [0.25, 0.3) is 5.91 Å². The molecule has 1 aromatic heterocycles. The molecule has 0 saturated carbocycles. The number of benzene rings is 2. The van der Waals surface area contributed by atoms with E-state index in [2.05, 4.69) is 25.2 Å². The van der Waals surface area contributed by atoms with Crippen LogP contribution in [0.4, 0.5) is 5.69 Å². The number of aromatic nitrogens is 3. The molecule has 2 aromatic carbocycles. The highest BCUT2D eigenvalue weighted by Gasteiger charge is 2.13. The Morgan fingerprint density at radius 1 is 1.22 bits per heavy atom. The highest BCUT2D eigenvalue weighted by atomic mass is 35.5. The van der Waals surface area contributed by atoms with Gasteiger partial charge in [-0.1, -0.05) is 35.5 Å². The van der Waals surface area contributed by atoms with Crippen molar-refractivity contribution in [2.24, 2.45) is 0 Å². The van der Waals surface area contributed by atoms with Gasteiger partial charge in [0.1, 0.15) is 6.33 Å². The number of amides is 1. The first kappa shape index (κ1) is 18.9. The Morgan fingerprint density at radius 2 is 2.00 bits per heavy atom. The van der Waals surface area contributed by atoms with Crippen LogP contribution in [-0.4, -0.2) is 34.2 Å². The first-order chi connectivity index (χ1) is 13.1. The summed E-state index contributed by atoms with van der Waals surface area (Å²) in [6.07, 6.45) is 1.46. The fourth-order valence-corrected chi connectivity index (χ4v) is 3.17. The molecule has 27 heavy (non-hydrogen) atoms. The van der Waals surface area contributed by atoms with Crippen LogP contribution in [0.1, 0.15) is 26.3 Å². The van der Waals surface area contributed by atoms with Crippen molar-refractivity contribution in [1.82, 2.24) is 15.2 Å². The normalized spacial score (nSPS) is 10.4. The molecule has 0 fully saturated rings. The number of anilines is 1. The first-order valence-corrected chi connectivity index (χ1v) is 9.19. The summed E-state index contributed by atoms with van der Waals surface area (Å²) in [5.74, 6) is -0.149. The van der Waals surface area contributed by atoms with Gasteiger partial charge >= 0.3 is 5.97 Å². The van der Waals surface area contributed by atoms with E-state index in [4.69, 9.17) is 11.6 Å². The molecule has 1 heterocycles. The minimum absolute atomic E-state index is 0.191. The number of aromatic amines is 1. The fourth-order valence-electron chi connectivity index (χ4n) is 2.24. The van der Waals surface area contributed by atoms with Crippen molar-refractivity contribution in [3.8, 4) is 0 Å². The van der Waals surface area contributed by atoms with E-state index >= 15 is 0 Å². The first-order valence-electron chi connectivity index (χ1n) is 7.83. The minimum Gasteiger partial charge on any atom is -0.465 e. The lowest BCUT2D eigenvalue weighted by molar-refractivity contribution is 0.0600. The lowest BCUT2D eigenvalue weighted by atomic mass is 10.1. The zero-order valence-electron chi connectivity index (χ0n) is 14.2. The van der Waals surface area contributed by atoms with E-state index in [0.29, 0.717) is 17.0 Å². The van der Waals surface area contributed by atoms with E-state index in [9.17, 15) is 9.59 Å². The molecule has 3 rings (SSSR count). The second-order valence-electron chi connectivity index (χ2n) is 5.42. The van der Waals surface area contributed by atoms with Crippen molar-refractivity contribution in [1.29, 1.82) is 0 Å². The van der Waals surface area contributed by atoms with Crippen molar-refractivity contribution in [2.45, 2.75) is 10.9 Å². The molecule has 0 saturated heterocycles. The third-order valence-electron chi connectivity index (χ3n) is 3.61. The van der Waals surface area contributed by atoms with Gasteiger partial charge in [-0.25, -0.2) is 9.78 Å². The number of ether oxygens (including phenoxy) is 1. The van der Waals surface area contributed by atoms with Crippen LogP contribution in [0.2, 0.25) is 5.02 Å². The fraction of sp³-hybridized carbons (Fsp3) is 0.111. The standard InChI is InChI=1S/C18H15ClN4O3S/c1-26-17(25)14-8-13(6-7-15(14)19)22-16(24)12-4-2-11(3-5-12)9-27-18-20-10-21-23-18/h2-8,10H,9H2,1H3,(H,22,24)(H,20,21,23). The van der Waals surface area contributed by atoms with Crippen molar-refractivity contribution < 1.29 is 14.3 Å². The summed E-state index contributed by atoms with van der Waals surface area (Å²) in [6.45, 7) is 0. The Kier molecular flexibility index (Phi) is 6.10. The SMILES string of the molecule is COC(=O)c1cc(NC(=O)c2ccc(CSc3ncn[nH]3)cc2)ccc1Cl. The predicted molar refractivity (Wildman–Crippen MR) is 103 cm³/mol. The largest absolute Gasteiger partial charge is 0.465 e. The van der Waals surface area contributed by atoms with E-state index in [-0.39, 0.29) is 16.5 Å². The Balaban J connectivity index is 1.65. The van der Waals surface area contributed by atoms with Crippen LogP contribution < -0.4 is 5.32 Å². The van der Waals surface area contributed by atoms with E-state index < -0.39 is 5.97 Å². The predicted octanol–water partition coefficient (Wildman–Crippen LogP) is 3.79. The zero-order valence-corrected chi connectivity index (χ0v) is 15.8. The van der Waals surface area contributed by atoms with E-state index in [0.717, 1.165) is 10.7 Å². The molecule has 3 aromatic rings. The Hall–Kier alpha value is -2.84. The molecular formula is C18H15ClN4O3S. The van der Waals surface area contributed by atoms with Gasteiger partial charge in [-0.05, 0) is 35.9 Å². The maximum atomic E-state index is 12.4. The van der Waals surface area contributed by atoms with E-state index in [1.54, 1.807) is 18.2 Å². The summed E-state index contributed by atoms with van der Waals surface area (Å²) in [5, 5.41) is 10.3. The van der Waals surface area contributed by atoms with Crippen molar-refractivity contribution in [3.63, 3.8) is 0 Å². The molecule has 0 atom stereocenters. The number of esters is 1. The minimum atomic E-state index is -0.565. The van der Waals surface area contributed by atoms with Gasteiger partial charge in [-0.3, -0.25) is 9.89 Å². The lowest BCUT2D eigenvalue weighted by Gasteiger charge is -2.09. The summed E-state index contributed by atoms with van der Waals surface area (Å²) < 4.78 is 4.68. The van der Waals surface area contributed by atoms with Gasteiger partial charge < -0.3 is 10.1 Å². The number of halogens is 1. The summed E-state index contributed by atoms with van der Waals surface area (Å²) in [7, 11) is 1.27. The topological polar surface area (TPSA) is 97.0 Å². The zero-order chi connectivity index (χ0) is 19.2. The maximum absolute atomic E-state index is 12.4. The second kappa shape index (κ2) is 8.70. The molecule has 2 N–H and O–H groups in total. The summed E-state index contributed by atoms with van der Waals surface area (Å²) in [4.78, 5) is 28.2. The van der Waals surface area contributed by atoms with Crippen LogP contribution in [0.15, 0.2) is 53.9 Å². The van der Waals surface area contributed by atoms with Gasteiger partial charge in [-0.2, -0.15) is 5.10 Å². The van der Waals surface area contributed by atoms with Crippen molar-refractivity contribution >= 4 is 40.9 Å². The number of carbonyl (C=O) groups is 2. The van der Waals surface area contributed by atoms with Crippen LogP contribution >= 0.6 is 23.4 Å². The van der Waals surface area contributed by atoms with Gasteiger partial charge in [0.2, 0.25) is 0 Å². The molecule has 0 aliphatic carbocycles. The number of hydrogen-bond acceptors (Lipinski definition) is 6. The lowest BCUT2D eigenvalue weighted by Crippen LogP contribution is -2.12. The number of nitrogens with zero attached hydrogens (tertiary/aromatic N) is 2. The summed E-state index contributed by atoms with van der Waals surface area (Å²) in [6, 6.07) is 11.9. The number of carbonyl (C=O) groups excluding carboxylic acids is 2. The number of rotatable bonds is 6. The van der Waals surface area contributed by atoms with Crippen molar-refractivity contribution in [3.05, 3.63) is 70.5 Å². The molecule has 138 valence electrons. The van der Waals surface area contributed by atoms with Gasteiger partial charge in [-0.15, -0.1) is 0 Å². The molecule has 0 spiro atoms. The van der Waals surface area contributed by atoms with Gasteiger partial charge in [0.15, 0.2) is 5.16 Å². The van der Waals surface area contributed by atoms with Crippen molar-refractivity contribution in [2.75, 3.05) is 12.4 Å². The number of H-pyrrole nitrogens is 1. The molecule has 0 aliphatic heterocycles. The smallest absolute Gasteiger partial charge is 0.339 e. The Morgan fingerprint density at radius 3 is 2.67 bits per heavy atom. The number of thioether (sulfide) groups is 1. The molecule has 9 heteroatoms. The molecule has 1 amide bonds. The van der Waals surface area contributed by atoms with Crippen LogP contribution in [0.5, 0.6) is 0 Å². The molecular weight excluding hydrogens is 388 g/mol. The Bertz CT molecular complexity index is 946. The highest BCUT2D eigenvalue weighted by Crippen LogP contribution is 2.22. The number of nitrogens with one attached hydrogen (secondary N) is 2. The number of methoxy groups -OCH3 is 1. The van der Waals surface area contributed by atoms with E-state index in [1.165, 1.54) is 37.3 Å². The molecule has 0 unspecified atom stereocenters. The second-order valence-corrected chi connectivity index (χ2v) is 6.79. The van der Waals surface area contributed by atoms with Crippen LogP contribution in [0.3, 0.4) is 0 Å². The molecule has 0 aliphatic rings. The Labute approximate surface area is 164 Å². The monoisotopic (exact) mass is 402 g/mol. The van der Waals surface area contributed by atoms with Crippen LogP contribution in [0.25, 0.3) is 0 Å². The highest BCUT2D eigenvalue weighted by molar-refractivity contribution is 7.98. The maximum Gasteiger partial charge on any atom is 0.339 e. The molecule has 0 radical (unpaired) electrons. The summed E-state index contributed by atoms with van der Waals surface area (Å²) >= 11 is 7.50. The third-order valence-corrected chi connectivity index (χ3v) is 4.89. The summed E-state index contributed by atoms with van der Waals surface area (Å²) in [5.41, 5.74) is 2.19. The van der Waals surface area contributed by atoms with Gasteiger partial charge in [0, 0.05) is 17.0 Å². The van der Waals surface area contributed by atoms with Crippen LogP contribution in [-0.2, 0) is 10.5 Å². The van der Waals surface area contributed by atoms with Crippen LogP contribution in [0, 0.1) is 0 Å². The molecule has 0 bridgehead atoms. The molecule has 7 nitrogen and oxygen atoms in total. The quantitative estimate of drug-likeness (QED) is 0.481. The average molecular weight is 403 g/mol. The number of hydrogen-bond donors (Lipinski definition) is 2. The van der Waals surface area contributed by atoms with E-state index in [1.807, 2.05) is 12.1 Å². The average Bonchev–Trinajstić information content (AvgIpc) is 3.21.